The smallest absolute Gasteiger partial charge is 0.150 e. The Labute approximate surface area is 117 Å². The van der Waals surface area contributed by atoms with Crippen molar-refractivity contribution in [1.82, 2.24) is 5.32 Å². The van der Waals surface area contributed by atoms with Crippen LogP contribution in [-0.4, -0.2) is 32.5 Å². The van der Waals surface area contributed by atoms with Crippen molar-refractivity contribution in [2.24, 2.45) is 0 Å². The first-order valence-electron chi connectivity index (χ1n) is 7.66. The lowest BCUT2D eigenvalue weighted by atomic mass is 9.94. The van der Waals surface area contributed by atoms with Gasteiger partial charge in [-0.15, -0.1) is 0 Å². The molecule has 19 heavy (non-hydrogen) atoms. The van der Waals surface area contributed by atoms with E-state index in [1.165, 1.54) is 31.9 Å². The molecule has 2 atom stereocenters. The summed E-state index contributed by atoms with van der Waals surface area (Å²) in [4.78, 5) is 0. The molecule has 1 fully saturated rings. The van der Waals surface area contributed by atoms with Crippen molar-refractivity contribution in [1.29, 1.82) is 0 Å². The van der Waals surface area contributed by atoms with Crippen LogP contribution in [0.2, 0.25) is 0 Å². The van der Waals surface area contributed by atoms with Crippen molar-refractivity contribution in [2.45, 2.75) is 69.1 Å². The van der Waals surface area contributed by atoms with Gasteiger partial charge in [0.25, 0.3) is 0 Å². The van der Waals surface area contributed by atoms with Crippen LogP contribution < -0.4 is 5.32 Å². The molecule has 0 bridgehead atoms. The predicted octanol–water partition coefficient (Wildman–Crippen LogP) is 2.82. The zero-order valence-electron chi connectivity index (χ0n) is 12.0. The largest absolute Gasteiger partial charge is 0.314 e. The molecule has 2 unspecified atom stereocenters. The molecule has 2 rings (SSSR count). The first-order chi connectivity index (χ1) is 9.05. The molecule has 4 heteroatoms. The first kappa shape index (κ1) is 15.0. The molecular formula is C15H27NO2S. The number of hydrogen-bond acceptors (Lipinski definition) is 3. The summed E-state index contributed by atoms with van der Waals surface area (Å²) in [6.45, 7) is 1.01. The van der Waals surface area contributed by atoms with Crippen LogP contribution in [0, 0.1) is 0 Å². The summed E-state index contributed by atoms with van der Waals surface area (Å²) in [5.41, 5.74) is 1.59. The van der Waals surface area contributed by atoms with E-state index in [0.29, 0.717) is 6.04 Å². The fourth-order valence-electron chi connectivity index (χ4n) is 3.29. The number of nitrogens with one attached hydrogen (secondary N) is 1. The van der Waals surface area contributed by atoms with E-state index in [0.717, 1.165) is 38.6 Å². The maximum atomic E-state index is 11.6. The summed E-state index contributed by atoms with van der Waals surface area (Å²) in [5.74, 6) is 0. The highest BCUT2D eigenvalue weighted by Gasteiger charge is 2.28. The van der Waals surface area contributed by atoms with Crippen molar-refractivity contribution in [3.63, 3.8) is 0 Å². The molecular weight excluding hydrogens is 258 g/mol. The van der Waals surface area contributed by atoms with E-state index < -0.39 is 9.84 Å². The zero-order chi connectivity index (χ0) is 13.7. The van der Waals surface area contributed by atoms with Crippen molar-refractivity contribution in [2.75, 3.05) is 12.8 Å². The fourth-order valence-corrected chi connectivity index (χ4v) is 4.46. The number of hydrogen-bond donors (Lipinski definition) is 1. The molecule has 3 nitrogen and oxygen atoms in total. The molecule has 0 aromatic carbocycles. The predicted molar refractivity (Wildman–Crippen MR) is 80.1 cm³/mol. The second-order valence-corrected chi connectivity index (χ2v) is 8.45. The maximum Gasteiger partial charge on any atom is 0.150 e. The monoisotopic (exact) mass is 285 g/mol. The van der Waals surface area contributed by atoms with E-state index >= 15 is 0 Å². The highest BCUT2D eigenvalue weighted by Crippen LogP contribution is 2.24. The second-order valence-electron chi connectivity index (χ2n) is 6.13. The minimum absolute atomic E-state index is 0.118. The van der Waals surface area contributed by atoms with E-state index in [1.807, 2.05) is 0 Å². The summed E-state index contributed by atoms with van der Waals surface area (Å²) in [5, 5.41) is 3.45. The average molecular weight is 285 g/mol. The van der Waals surface area contributed by atoms with Crippen molar-refractivity contribution in [3.8, 4) is 0 Å². The summed E-state index contributed by atoms with van der Waals surface area (Å²) in [6.07, 6.45) is 13.9. The van der Waals surface area contributed by atoms with Crippen LogP contribution in [0.4, 0.5) is 0 Å². The Kier molecular flexibility index (Phi) is 5.46. The van der Waals surface area contributed by atoms with Gasteiger partial charge in [-0.25, -0.2) is 8.42 Å². The Hall–Kier alpha value is -0.350. The van der Waals surface area contributed by atoms with E-state index in [2.05, 4.69) is 11.4 Å². The Morgan fingerprint density at radius 1 is 1.26 bits per heavy atom. The highest BCUT2D eigenvalue weighted by atomic mass is 32.2. The quantitative estimate of drug-likeness (QED) is 0.790. The van der Waals surface area contributed by atoms with Gasteiger partial charge in [0.1, 0.15) is 9.84 Å². The summed E-state index contributed by atoms with van der Waals surface area (Å²) >= 11 is 0. The van der Waals surface area contributed by atoms with Gasteiger partial charge in [0.2, 0.25) is 0 Å². The lowest BCUT2D eigenvalue weighted by molar-refractivity contribution is 0.373. The Morgan fingerprint density at radius 3 is 2.79 bits per heavy atom. The van der Waals surface area contributed by atoms with Crippen LogP contribution in [0.25, 0.3) is 0 Å². The van der Waals surface area contributed by atoms with E-state index in [9.17, 15) is 8.42 Å². The van der Waals surface area contributed by atoms with Gasteiger partial charge in [0.15, 0.2) is 0 Å². The second kappa shape index (κ2) is 6.89. The Morgan fingerprint density at radius 2 is 2.11 bits per heavy atom. The average Bonchev–Trinajstić information content (AvgIpc) is 2.39. The minimum atomic E-state index is -2.86. The minimum Gasteiger partial charge on any atom is -0.314 e. The molecule has 1 saturated carbocycles. The van der Waals surface area contributed by atoms with Gasteiger partial charge < -0.3 is 5.32 Å². The fraction of sp³-hybridized carbons (Fsp3) is 0.867. The van der Waals surface area contributed by atoms with Crippen LogP contribution in [-0.2, 0) is 9.84 Å². The number of rotatable bonds is 5. The van der Waals surface area contributed by atoms with Crippen molar-refractivity contribution >= 4 is 9.84 Å². The van der Waals surface area contributed by atoms with Crippen LogP contribution in [0.3, 0.4) is 0 Å². The highest BCUT2D eigenvalue weighted by molar-refractivity contribution is 7.91. The molecule has 0 amide bonds. The molecule has 0 saturated heterocycles. The number of allylic oxidation sites excluding steroid dienone is 1. The van der Waals surface area contributed by atoms with E-state index in [4.69, 9.17) is 0 Å². The first-order valence-corrected chi connectivity index (χ1v) is 9.61. The molecule has 0 radical (unpaired) electrons. The standard InChI is InChI=1S/C15H27NO2S/c1-19(17,18)15-9-5-8-14(12-15)16-11-10-13-6-3-2-4-7-13/h6,14-16H,2-5,7-12H2,1H3. The third kappa shape index (κ3) is 4.92. The van der Waals surface area contributed by atoms with Crippen molar-refractivity contribution in [3.05, 3.63) is 11.6 Å². The van der Waals surface area contributed by atoms with Crippen LogP contribution in [0.15, 0.2) is 11.6 Å². The topological polar surface area (TPSA) is 46.2 Å². The molecule has 0 aromatic heterocycles. The van der Waals surface area contributed by atoms with Crippen LogP contribution in [0.1, 0.15) is 57.8 Å². The number of sulfone groups is 1. The van der Waals surface area contributed by atoms with E-state index in [-0.39, 0.29) is 5.25 Å². The molecule has 0 aliphatic heterocycles. The van der Waals surface area contributed by atoms with E-state index in [1.54, 1.807) is 5.57 Å². The maximum absolute atomic E-state index is 11.6. The Balaban J connectivity index is 1.72. The lowest BCUT2D eigenvalue weighted by Crippen LogP contribution is -2.39. The molecule has 0 heterocycles. The summed E-state index contributed by atoms with van der Waals surface area (Å²) in [7, 11) is -2.86. The van der Waals surface area contributed by atoms with Crippen LogP contribution in [0.5, 0.6) is 0 Å². The molecule has 0 spiro atoms. The third-order valence-electron chi connectivity index (χ3n) is 4.50. The molecule has 1 N–H and O–H groups in total. The summed E-state index contributed by atoms with van der Waals surface area (Å²) < 4.78 is 23.2. The van der Waals surface area contributed by atoms with Gasteiger partial charge in [0.05, 0.1) is 5.25 Å². The Bertz CT molecular complexity index is 414. The van der Waals surface area contributed by atoms with Gasteiger partial charge in [-0.3, -0.25) is 0 Å². The lowest BCUT2D eigenvalue weighted by Gasteiger charge is -2.29. The zero-order valence-corrected chi connectivity index (χ0v) is 12.8. The molecule has 2 aliphatic carbocycles. The third-order valence-corrected chi connectivity index (χ3v) is 6.13. The van der Waals surface area contributed by atoms with Crippen molar-refractivity contribution < 1.29 is 8.42 Å². The van der Waals surface area contributed by atoms with Gasteiger partial charge in [-0.05, 0) is 57.9 Å². The van der Waals surface area contributed by atoms with Gasteiger partial charge in [-0.2, -0.15) is 0 Å². The van der Waals surface area contributed by atoms with Gasteiger partial charge >= 0.3 is 0 Å². The molecule has 110 valence electrons. The SMILES string of the molecule is CS(=O)(=O)C1CCCC(NCCC2=CCCCC2)C1. The molecule has 2 aliphatic rings. The summed E-state index contributed by atoms with van der Waals surface area (Å²) in [6, 6.07) is 0.401. The van der Waals surface area contributed by atoms with Crippen LogP contribution >= 0.6 is 0 Å². The normalized spacial score (nSPS) is 29.0. The van der Waals surface area contributed by atoms with Gasteiger partial charge in [-0.1, -0.05) is 18.1 Å². The molecule has 0 aromatic rings. The van der Waals surface area contributed by atoms with Gasteiger partial charge in [0, 0.05) is 12.3 Å².